The summed E-state index contributed by atoms with van der Waals surface area (Å²) in [4.78, 5) is 166. The van der Waals surface area contributed by atoms with Crippen LogP contribution < -0.4 is 59.7 Å². The number of fused-ring (bicyclic) bond motifs is 3. The van der Waals surface area contributed by atoms with Gasteiger partial charge >= 0.3 is 6.09 Å². The first-order valence-corrected chi connectivity index (χ1v) is 32.2. The Hall–Kier alpha value is -8.66. The zero-order valence-corrected chi connectivity index (χ0v) is 52.4. The van der Waals surface area contributed by atoms with Crippen molar-refractivity contribution in [1.82, 2.24) is 47.4 Å². The molecule has 3 aromatic carbocycles. The Kier molecular flexibility index (Phi) is 26.9. The molecule has 1 saturated heterocycles. The number of likely N-dealkylation sites (tertiary alicyclic amines) is 1. The van der Waals surface area contributed by atoms with Gasteiger partial charge in [-0.2, -0.15) is 23.5 Å². The molecule has 26 nitrogen and oxygen atoms in total. The SMILES string of the molecule is CC[C@H](C)[C@@H]1NC(=O)[C@H](Cc2ccc(O)cc2)NC(=O)[C@@H](NC(=O)OCC2c3ccccc3-c3ccccc32)CSC/C=C/CSC[C@@H](C(=O)N2CCC[C@H]2C(=O)N[C@@H](CC(C)C)C(=O)NCC(N)=O)NC(=O)[C@H](CC(N)=O)NC(=O)[C@H](CCC(N)=O)NC1=O. The van der Waals surface area contributed by atoms with E-state index in [1.54, 1.807) is 26.0 Å². The highest BCUT2D eigenvalue weighted by Crippen LogP contribution is 2.44. The monoisotopic (exact) mass is 1280 g/mol. The zero-order chi connectivity index (χ0) is 65.6. The Morgan fingerprint density at radius 3 is 1.92 bits per heavy atom. The van der Waals surface area contributed by atoms with Crippen LogP contribution in [-0.2, 0) is 63.9 Å². The van der Waals surface area contributed by atoms with Crippen LogP contribution in [0.15, 0.2) is 84.9 Å². The second kappa shape index (κ2) is 34.3. The van der Waals surface area contributed by atoms with Gasteiger partial charge in [0.2, 0.25) is 65.0 Å². The van der Waals surface area contributed by atoms with Crippen LogP contribution in [-0.4, -0.2) is 172 Å². The molecular weight excluding hydrogens is 1200 g/mol. The highest BCUT2D eigenvalue weighted by molar-refractivity contribution is 7.99. The quantitative estimate of drug-likeness (QED) is 0.0690. The highest BCUT2D eigenvalue weighted by atomic mass is 32.2. The third-order valence-corrected chi connectivity index (χ3v) is 17.5. The number of nitrogens with zero attached hydrogens (tertiary/aromatic N) is 1. The number of carbonyl (C=O) groups excluding carboxylic acids is 12. The van der Waals surface area contributed by atoms with E-state index in [0.29, 0.717) is 12.0 Å². The van der Waals surface area contributed by atoms with Gasteiger partial charge in [-0.15, -0.1) is 0 Å². The lowest BCUT2D eigenvalue weighted by Crippen LogP contribution is -2.61. The number of thioether (sulfide) groups is 2. The van der Waals surface area contributed by atoms with E-state index in [2.05, 4.69) is 42.5 Å². The summed E-state index contributed by atoms with van der Waals surface area (Å²) in [7, 11) is 0. The van der Waals surface area contributed by atoms with Gasteiger partial charge in [0.05, 0.1) is 13.0 Å². The fourth-order valence-electron chi connectivity index (χ4n) is 10.6. The van der Waals surface area contributed by atoms with Gasteiger partial charge in [-0.25, -0.2) is 4.79 Å². The third-order valence-electron chi connectivity index (χ3n) is 15.5. The van der Waals surface area contributed by atoms with Gasteiger partial charge < -0.3 is 74.5 Å². The van der Waals surface area contributed by atoms with E-state index in [1.165, 1.54) is 52.7 Å². The smallest absolute Gasteiger partial charge is 0.407 e. The van der Waals surface area contributed by atoms with E-state index in [4.69, 9.17) is 21.9 Å². The number of aromatic hydroxyl groups is 1. The number of amides is 12. The van der Waals surface area contributed by atoms with Crippen molar-refractivity contribution in [3.63, 3.8) is 0 Å². The lowest BCUT2D eigenvalue weighted by atomic mass is 9.96. The number of nitrogens with one attached hydrogen (secondary N) is 8. The zero-order valence-electron chi connectivity index (χ0n) is 50.8. The summed E-state index contributed by atoms with van der Waals surface area (Å²) in [5, 5.41) is 31.1. The van der Waals surface area contributed by atoms with Crippen molar-refractivity contribution in [2.24, 2.45) is 29.0 Å². The second-order valence-corrected chi connectivity index (χ2v) is 24.9. The molecule has 1 fully saturated rings. The molecule has 3 aliphatic rings. The first kappa shape index (κ1) is 70.4. The summed E-state index contributed by atoms with van der Waals surface area (Å²) in [5.74, 6) is -10.3. The van der Waals surface area contributed by atoms with Gasteiger partial charge in [-0.1, -0.05) is 107 Å². The standard InChI is InChI=1S/C62H82N12O14S2/c1-5-35(4)53-60(85)67-43(22-23-50(63)76)55(80)69-46(29-51(64)77)56(81)71-48(61(86)74-24-12-17-49(74)59(84)70-44(27-34(2)3)54(79)66-30-52(65)78)33-90-26-11-10-25-89-32-47(58(83)68-45(57(82)73-53)28-36-18-20-37(75)21-19-36)72-62(87)88-31-42-40-15-8-6-13-38(40)39-14-7-9-16-41(39)42/h6-11,13-16,18-21,34-35,42-49,53,75H,5,12,17,22-33H2,1-4H3,(H2,63,76)(H2,64,77)(H2,65,78)(H,66,79)(H,67,85)(H,68,83)(H,69,80)(H,70,84)(H,71,81)(H,72,87)(H,73,82)/b11-10+/t35-,43-,44-,45-,46-,47-,48-,49-,53-/m0/s1. The third kappa shape index (κ3) is 20.7. The number of hydrogen-bond acceptors (Lipinski definition) is 16. The van der Waals surface area contributed by atoms with Crippen molar-refractivity contribution in [2.45, 2.75) is 133 Å². The average molecular weight is 1280 g/mol. The maximum Gasteiger partial charge on any atom is 0.407 e. The van der Waals surface area contributed by atoms with E-state index in [-0.39, 0.29) is 79.4 Å². The number of alkyl carbamates (subject to hydrolysis) is 1. The Bertz CT molecular complexity index is 3090. The topological polar surface area (TPSA) is 412 Å². The number of carbonyl (C=O) groups is 12. The van der Waals surface area contributed by atoms with Crippen molar-refractivity contribution in [1.29, 1.82) is 0 Å². The lowest BCUT2D eigenvalue weighted by Gasteiger charge is -2.31. The van der Waals surface area contributed by atoms with Crippen LogP contribution in [0.1, 0.15) is 95.2 Å². The minimum atomic E-state index is -1.78. The summed E-state index contributed by atoms with van der Waals surface area (Å²) in [5.41, 5.74) is 20.8. The van der Waals surface area contributed by atoms with Gasteiger partial charge in [-0.3, -0.25) is 52.7 Å². The number of phenolic OH excluding ortho intramolecular Hbond substituents is 1. The van der Waals surface area contributed by atoms with Crippen molar-refractivity contribution < 1.29 is 67.4 Å². The molecule has 0 radical (unpaired) electrons. The maximum absolute atomic E-state index is 14.8. The predicted molar refractivity (Wildman–Crippen MR) is 337 cm³/mol. The lowest BCUT2D eigenvalue weighted by molar-refractivity contribution is -0.142. The van der Waals surface area contributed by atoms with Gasteiger partial charge in [-0.05, 0) is 77.5 Å². The van der Waals surface area contributed by atoms with Crippen molar-refractivity contribution >= 4 is 94.6 Å². The predicted octanol–water partition coefficient (Wildman–Crippen LogP) is 0.613. The van der Waals surface area contributed by atoms with Crippen molar-refractivity contribution in [3.8, 4) is 16.9 Å². The fraction of sp³-hybridized carbons (Fsp3) is 0.484. The first-order valence-electron chi connectivity index (χ1n) is 29.9. The van der Waals surface area contributed by atoms with E-state index < -0.39 is 151 Å². The number of hydrogen-bond donors (Lipinski definition) is 12. The summed E-state index contributed by atoms with van der Waals surface area (Å²) >= 11 is 2.43. The number of nitrogens with two attached hydrogens (primary N) is 3. The second-order valence-electron chi connectivity index (χ2n) is 22.8. The molecule has 0 aromatic heterocycles. The molecule has 90 heavy (non-hydrogen) atoms. The number of ether oxygens (including phenoxy) is 1. The maximum atomic E-state index is 14.8. The minimum absolute atomic E-state index is 0.0519. The summed E-state index contributed by atoms with van der Waals surface area (Å²) in [6.07, 6.45) is 1.69. The molecule has 2 heterocycles. The Morgan fingerprint density at radius 1 is 0.711 bits per heavy atom. The van der Waals surface area contributed by atoms with E-state index in [9.17, 15) is 62.6 Å². The van der Waals surface area contributed by atoms with Gasteiger partial charge in [0.1, 0.15) is 60.7 Å². The molecule has 2 aliphatic heterocycles. The van der Waals surface area contributed by atoms with E-state index >= 15 is 0 Å². The molecule has 0 unspecified atom stereocenters. The van der Waals surface area contributed by atoms with Gasteiger partial charge in [0.15, 0.2) is 0 Å². The molecule has 3 aromatic rings. The van der Waals surface area contributed by atoms with Crippen LogP contribution in [0.5, 0.6) is 5.75 Å². The minimum Gasteiger partial charge on any atom is -0.508 e. The van der Waals surface area contributed by atoms with Gasteiger partial charge in [0, 0.05) is 48.3 Å². The largest absolute Gasteiger partial charge is 0.508 e. The molecule has 6 rings (SSSR count). The summed E-state index contributed by atoms with van der Waals surface area (Å²) in [6.45, 7) is 6.53. The molecule has 28 heteroatoms. The number of phenols is 1. The molecule has 9 atom stereocenters. The van der Waals surface area contributed by atoms with Crippen LogP contribution in [0.4, 0.5) is 4.79 Å². The molecule has 12 amide bonds. The average Bonchev–Trinajstić information content (AvgIpc) is 1.64. The number of rotatable bonds is 20. The Labute approximate surface area is 530 Å². The summed E-state index contributed by atoms with van der Waals surface area (Å²) < 4.78 is 5.86. The van der Waals surface area contributed by atoms with Crippen LogP contribution in [0.25, 0.3) is 11.1 Å². The fourth-order valence-corrected chi connectivity index (χ4v) is 12.4. The van der Waals surface area contributed by atoms with Crippen LogP contribution in [0.2, 0.25) is 0 Å². The highest BCUT2D eigenvalue weighted by Gasteiger charge is 2.41. The van der Waals surface area contributed by atoms with E-state index in [0.717, 1.165) is 22.3 Å². The van der Waals surface area contributed by atoms with Crippen LogP contribution >= 0.6 is 23.5 Å². The molecule has 15 N–H and O–H groups in total. The Balaban J connectivity index is 1.32. The first-order chi connectivity index (χ1) is 42.9. The van der Waals surface area contributed by atoms with E-state index in [1.807, 2.05) is 62.4 Å². The van der Waals surface area contributed by atoms with Gasteiger partial charge in [0.25, 0.3) is 0 Å². The van der Waals surface area contributed by atoms with Crippen LogP contribution in [0.3, 0.4) is 0 Å². The molecule has 1 aliphatic carbocycles. The number of benzene rings is 3. The Morgan fingerprint density at radius 2 is 1.31 bits per heavy atom. The van der Waals surface area contributed by atoms with Crippen LogP contribution in [0, 0.1) is 11.8 Å². The van der Waals surface area contributed by atoms with Crippen molar-refractivity contribution in [2.75, 3.05) is 42.7 Å². The molecule has 0 saturated carbocycles. The molecule has 0 bridgehead atoms. The van der Waals surface area contributed by atoms with Crippen molar-refractivity contribution in [3.05, 3.63) is 102 Å². The normalized spacial score (nSPS) is 22.5. The summed E-state index contributed by atoms with van der Waals surface area (Å²) in [6, 6.07) is 10.1. The number of primary amides is 3. The molecule has 0 spiro atoms. The molecule has 486 valence electrons. The molecular formula is C62H82N12O14S2.